The molecule has 10 rings (SSSR count). The van der Waals surface area contributed by atoms with Crippen molar-refractivity contribution in [3.63, 3.8) is 0 Å². The van der Waals surface area contributed by atoms with Crippen molar-refractivity contribution in [2.45, 2.75) is 37.0 Å². The fourth-order valence-electron chi connectivity index (χ4n) is 8.30. The van der Waals surface area contributed by atoms with Crippen molar-refractivity contribution in [1.29, 1.82) is 0 Å². The summed E-state index contributed by atoms with van der Waals surface area (Å²) in [6, 6.07) is 25.5. The molecular formula is C42H38Cl2N4O9. The molecule has 15 heteroatoms. The molecule has 0 spiro atoms. The molecule has 4 aromatic carbocycles. The largest absolute Gasteiger partial charge is 0.468 e. The third-order valence-electron chi connectivity index (χ3n) is 10.8. The van der Waals surface area contributed by atoms with Crippen LogP contribution in [-0.2, 0) is 36.7 Å². The maximum atomic E-state index is 13.0. The zero-order chi connectivity index (χ0) is 38.5. The number of nitrogens with zero attached hydrogens (tertiary/aromatic N) is 1. The molecule has 0 unspecified atom stereocenters. The molecule has 0 radical (unpaired) electrons. The highest BCUT2D eigenvalue weighted by atomic mass is 35.5. The van der Waals surface area contributed by atoms with Gasteiger partial charge in [0.2, 0.25) is 19.5 Å². The molecule has 0 fully saturated rings. The van der Waals surface area contributed by atoms with Crippen LogP contribution in [0.15, 0.2) is 84.9 Å². The van der Waals surface area contributed by atoms with Gasteiger partial charge in [-0.1, -0.05) is 48.5 Å². The molecule has 0 aliphatic carbocycles. The summed E-state index contributed by atoms with van der Waals surface area (Å²) in [5, 5.41) is 5.59. The minimum Gasteiger partial charge on any atom is -0.468 e. The number of aromatic amines is 2. The monoisotopic (exact) mass is 812 g/mol. The van der Waals surface area contributed by atoms with E-state index in [0.29, 0.717) is 24.3 Å². The maximum absolute atomic E-state index is 13.0. The van der Waals surface area contributed by atoms with E-state index < -0.39 is 24.1 Å². The highest BCUT2D eigenvalue weighted by Crippen LogP contribution is 2.44. The number of benzene rings is 4. The van der Waals surface area contributed by atoms with Crippen LogP contribution in [0, 0.1) is 0 Å². The second-order valence-electron chi connectivity index (χ2n) is 13.8. The summed E-state index contributed by atoms with van der Waals surface area (Å²) in [4.78, 5) is 46.4. The van der Waals surface area contributed by atoms with Gasteiger partial charge in [0.1, 0.15) is 18.0 Å². The number of fused-ring (bicyclic) bond motifs is 8. The van der Waals surface area contributed by atoms with Gasteiger partial charge >= 0.3 is 11.9 Å². The SMILES string of the molecule is COC(=O)[C@H]1Cc2c([nH]c3ccccc23)[C@@H](c2ccc3c(c2)OCO3)N1.COC(=O)[C@H]1Cc2c([nH]c3ccccc23)[C@@H](c2ccc3c(c2)OCO3)N1C(=O)CCl.Cl. The van der Waals surface area contributed by atoms with E-state index in [4.69, 9.17) is 40.0 Å². The predicted octanol–water partition coefficient (Wildman–Crippen LogP) is 6.25. The summed E-state index contributed by atoms with van der Waals surface area (Å²) in [5.41, 5.74) is 7.88. The summed E-state index contributed by atoms with van der Waals surface area (Å²) >= 11 is 5.95. The first-order valence-corrected chi connectivity index (χ1v) is 18.7. The van der Waals surface area contributed by atoms with Gasteiger partial charge < -0.3 is 43.3 Å². The predicted molar refractivity (Wildman–Crippen MR) is 212 cm³/mol. The fourth-order valence-corrected chi connectivity index (χ4v) is 8.44. The van der Waals surface area contributed by atoms with Crippen molar-refractivity contribution in [2.24, 2.45) is 0 Å². The van der Waals surface area contributed by atoms with Crippen molar-refractivity contribution in [3.8, 4) is 23.0 Å². The Morgan fingerprint density at radius 1 is 0.702 bits per heavy atom. The van der Waals surface area contributed by atoms with E-state index in [1.54, 1.807) is 0 Å². The second kappa shape index (κ2) is 15.6. The van der Waals surface area contributed by atoms with Crippen LogP contribution in [0.5, 0.6) is 23.0 Å². The van der Waals surface area contributed by atoms with Crippen molar-refractivity contribution in [1.82, 2.24) is 20.2 Å². The number of amides is 1. The number of hydrogen-bond donors (Lipinski definition) is 3. The molecule has 0 saturated heterocycles. The van der Waals surface area contributed by atoms with Gasteiger partial charge in [0, 0.05) is 46.0 Å². The minimum atomic E-state index is -0.789. The number of ether oxygens (including phenoxy) is 6. The minimum absolute atomic E-state index is 0. The molecule has 6 aromatic rings. The van der Waals surface area contributed by atoms with Crippen LogP contribution in [0.1, 0.15) is 45.7 Å². The van der Waals surface area contributed by atoms with E-state index in [1.807, 2.05) is 72.8 Å². The Hall–Kier alpha value is -5.89. The summed E-state index contributed by atoms with van der Waals surface area (Å²) in [5.74, 6) is 1.38. The molecule has 6 heterocycles. The molecule has 57 heavy (non-hydrogen) atoms. The Morgan fingerprint density at radius 3 is 1.86 bits per heavy atom. The number of alkyl halides is 1. The molecule has 0 saturated carbocycles. The van der Waals surface area contributed by atoms with E-state index in [0.717, 1.165) is 66.9 Å². The van der Waals surface area contributed by atoms with Crippen LogP contribution in [-0.4, -0.2) is 78.5 Å². The van der Waals surface area contributed by atoms with Gasteiger partial charge in [-0.15, -0.1) is 24.0 Å². The molecule has 13 nitrogen and oxygen atoms in total. The third kappa shape index (κ3) is 6.65. The average molecular weight is 814 g/mol. The molecular weight excluding hydrogens is 775 g/mol. The molecule has 4 atom stereocenters. The molecule has 0 bridgehead atoms. The van der Waals surface area contributed by atoms with Gasteiger partial charge in [-0.05, 0) is 58.7 Å². The maximum Gasteiger partial charge on any atom is 0.328 e. The summed E-state index contributed by atoms with van der Waals surface area (Å²) < 4.78 is 31.9. The molecule has 2 aromatic heterocycles. The molecule has 3 N–H and O–H groups in total. The van der Waals surface area contributed by atoms with Crippen molar-refractivity contribution in [3.05, 3.63) is 119 Å². The van der Waals surface area contributed by atoms with Crippen molar-refractivity contribution < 1.29 is 42.8 Å². The number of aromatic nitrogens is 2. The van der Waals surface area contributed by atoms with E-state index in [9.17, 15) is 14.4 Å². The number of methoxy groups -OCH3 is 2. The van der Waals surface area contributed by atoms with Crippen LogP contribution in [0.2, 0.25) is 0 Å². The van der Waals surface area contributed by atoms with Gasteiger partial charge in [0.25, 0.3) is 0 Å². The lowest BCUT2D eigenvalue weighted by Crippen LogP contribution is -2.52. The van der Waals surface area contributed by atoms with Crippen LogP contribution in [0.3, 0.4) is 0 Å². The first-order chi connectivity index (χ1) is 27.4. The number of hydrogen-bond acceptors (Lipinski definition) is 10. The average Bonchev–Trinajstić information content (AvgIpc) is 4.06. The van der Waals surface area contributed by atoms with Crippen LogP contribution < -0.4 is 24.3 Å². The molecule has 294 valence electrons. The van der Waals surface area contributed by atoms with Crippen LogP contribution in [0.4, 0.5) is 0 Å². The Bertz CT molecular complexity index is 2520. The van der Waals surface area contributed by atoms with Gasteiger partial charge in [0.15, 0.2) is 23.0 Å². The van der Waals surface area contributed by atoms with Crippen molar-refractivity contribution in [2.75, 3.05) is 33.7 Å². The number of para-hydroxylation sites is 2. The number of H-pyrrole nitrogens is 2. The number of carbonyl (C=O) groups excluding carboxylic acids is 3. The van der Waals surface area contributed by atoms with E-state index in [-0.39, 0.29) is 49.8 Å². The quantitative estimate of drug-likeness (QED) is 0.135. The zero-order valence-electron chi connectivity index (χ0n) is 30.8. The first kappa shape index (κ1) is 38.0. The zero-order valence-corrected chi connectivity index (χ0v) is 32.4. The lowest BCUT2D eigenvalue weighted by molar-refractivity contribution is -0.154. The summed E-state index contributed by atoms with van der Waals surface area (Å²) in [6.07, 6.45) is 0.933. The molecule has 1 amide bonds. The number of esters is 2. The Kier molecular flexibility index (Phi) is 10.4. The summed E-state index contributed by atoms with van der Waals surface area (Å²) in [6.45, 7) is 0.384. The first-order valence-electron chi connectivity index (χ1n) is 18.1. The highest BCUT2D eigenvalue weighted by Gasteiger charge is 2.44. The second-order valence-corrected chi connectivity index (χ2v) is 14.1. The molecule has 4 aliphatic rings. The highest BCUT2D eigenvalue weighted by molar-refractivity contribution is 6.27. The smallest absolute Gasteiger partial charge is 0.328 e. The number of nitrogens with one attached hydrogen (secondary N) is 3. The standard InChI is InChI=1S/C22H19ClN2O5.C20H18N2O4.ClH/c1-28-22(27)16-9-14-13-4-2-3-5-15(13)24-20(14)21(25(16)19(26)10-23)12-6-7-17-18(8-12)30-11-29-17;1-24-20(23)15-9-13-12-4-2-3-5-14(12)21-19(13)18(22-15)11-6-7-16-17(8-11)26-10-25-16;/h2-8,16,21,24H,9-11H2,1H3;2-8,15,18,21-22H,9-10H2,1H3;1H/t16-,21-;15-,18-;/m11./s1. The van der Waals surface area contributed by atoms with Crippen LogP contribution in [0.25, 0.3) is 21.8 Å². The summed E-state index contributed by atoms with van der Waals surface area (Å²) in [7, 11) is 2.75. The fraction of sp³-hybridized carbons (Fsp3) is 0.262. The van der Waals surface area contributed by atoms with E-state index >= 15 is 0 Å². The Labute approximate surface area is 337 Å². The van der Waals surface area contributed by atoms with E-state index in [1.165, 1.54) is 19.1 Å². The number of carbonyl (C=O) groups is 3. The van der Waals surface area contributed by atoms with Gasteiger partial charge in [0.05, 0.1) is 26.3 Å². The topological polar surface area (TPSA) is 153 Å². The van der Waals surface area contributed by atoms with Gasteiger partial charge in [-0.25, -0.2) is 4.79 Å². The van der Waals surface area contributed by atoms with Crippen LogP contribution >= 0.6 is 24.0 Å². The molecule has 4 aliphatic heterocycles. The van der Waals surface area contributed by atoms with E-state index in [2.05, 4.69) is 27.4 Å². The van der Waals surface area contributed by atoms with Crippen molar-refractivity contribution >= 4 is 63.7 Å². The normalized spacial score (nSPS) is 19.8. The van der Waals surface area contributed by atoms with Gasteiger partial charge in [-0.3, -0.25) is 14.9 Å². The lowest BCUT2D eigenvalue weighted by atomic mass is 9.87. The lowest BCUT2D eigenvalue weighted by Gasteiger charge is -2.40. The number of halogens is 2. The Morgan fingerprint density at radius 2 is 1.25 bits per heavy atom. The third-order valence-corrected chi connectivity index (χ3v) is 11.1. The number of rotatable bonds is 5. The van der Waals surface area contributed by atoms with Gasteiger partial charge in [-0.2, -0.15) is 0 Å². The Balaban J connectivity index is 0.000000158.